The lowest BCUT2D eigenvalue weighted by atomic mass is 9.69. The molecule has 5 atom stereocenters. The fraction of sp³-hybridized carbons (Fsp3) is 0.464. The highest BCUT2D eigenvalue weighted by molar-refractivity contribution is 5.84. The first-order valence-electron chi connectivity index (χ1n) is 12.6. The van der Waals surface area contributed by atoms with E-state index in [1.54, 1.807) is 0 Å². The van der Waals surface area contributed by atoms with Gasteiger partial charge in [0.25, 0.3) is 5.91 Å². The molecule has 3 fully saturated rings. The van der Waals surface area contributed by atoms with Crippen LogP contribution in [0.15, 0.2) is 60.9 Å². The Morgan fingerprint density at radius 3 is 2.76 bits per heavy atom. The summed E-state index contributed by atoms with van der Waals surface area (Å²) in [6.07, 6.45) is 8.17. The minimum atomic E-state index is -0.00371. The van der Waals surface area contributed by atoms with Crippen LogP contribution < -0.4 is 10.1 Å². The molecular weight excluding hydrogens is 424 g/mol. The quantitative estimate of drug-likeness (QED) is 0.625. The van der Waals surface area contributed by atoms with Crippen LogP contribution in [0.25, 0.3) is 10.9 Å². The van der Waals surface area contributed by atoms with Gasteiger partial charge >= 0.3 is 0 Å². The van der Waals surface area contributed by atoms with Gasteiger partial charge < -0.3 is 15.0 Å². The van der Waals surface area contributed by atoms with Crippen LogP contribution in [0.1, 0.15) is 44.6 Å². The minimum absolute atomic E-state index is 0.00371. The van der Waals surface area contributed by atoms with E-state index in [9.17, 15) is 4.79 Å². The number of piperidine rings is 1. The van der Waals surface area contributed by atoms with Crippen molar-refractivity contribution in [2.75, 3.05) is 6.61 Å². The van der Waals surface area contributed by atoms with Crippen LogP contribution >= 0.6 is 0 Å². The van der Waals surface area contributed by atoms with Crippen molar-refractivity contribution < 1.29 is 9.53 Å². The van der Waals surface area contributed by atoms with E-state index in [1.807, 2.05) is 24.3 Å². The Labute approximate surface area is 200 Å². The molecule has 1 saturated carbocycles. The monoisotopic (exact) mass is 456 g/mol. The number of hydrogen-bond acceptors (Lipinski definition) is 5. The number of nitrogens with zero attached hydrogens (tertiary/aromatic N) is 3. The number of benzene rings is 2. The fourth-order valence-electron chi connectivity index (χ4n) is 6.80. The molecule has 176 valence electrons. The van der Waals surface area contributed by atoms with E-state index in [1.165, 1.54) is 31.2 Å². The molecule has 6 nitrogen and oxygen atoms in total. The summed E-state index contributed by atoms with van der Waals surface area (Å²) < 4.78 is 6.06. The molecule has 2 aliphatic heterocycles. The van der Waals surface area contributed by atoms with Gasteiger partial charge in [0.05, 0.1) is 16.9 Å². The largest absolute Gasteiger partial charge is 0.467 e. The van der Waals surface area contributed by atoms with Crippen LogP contribution in [0.5, 0.6) is 5.88 Å². The third-order valence-corrected chi connectivity index (χ3v) is 8.42. The average molecular weight is 457 g/mol. The molecule has 0 radical (unpaired) electrons. The number of likely N-dealkylation sites (tertiary alicyclic amines) is 1. The lowest BCUT2D eigenvalue weighted by molar-refractivity contribution is -0.145. The number of amides is 1. The third kappa shape index (κ3) is 3.65. The number of carbonyl (C=O) groups is 1. The van der Waals surface area contributed by atoms with E-state index in [4.69, 9.17) is 4.74 Å². The van der Waals surface area contributed by atoms with Crippen molar-refractivity contribution in [3.8, 4) is 5.88 Å². The third-order valence-electron chi connectivity index (χ3n) is 8.42. The normalized spacial score (nSPS) is 30.2. The summed E-state index contributed by atoms with van der Waals surface area (Å²) in [7, 11) is 0. The van der Waals surface area contributed by atoms with Gasteiger partial charge in [0.1, 0.15) is 6.33 Å². The van der Waals surface area contributed by atoms with Crippen molar-refractivity contribution in [2.45, 2.75) is 69.6 Å². The average Bonchev–Trinajstić information content (AvgIpc) is 3.07. The highest BCUT2D eigenvalue weighted by atomic mass is 16.5. The number of aromatic nitrogens is 2. The highest BCUT2D eigenvalue weighted by Crippen LogP contribution is 2.51. The molecule has 1 amide bonds. The molecule has 2 bridgehead atoms. The summed E-state index contributed by atoms with van der Waals surface area (Å²) in [4.78, 5) is 24.8. The first-order valence-corrected chi connectivity index (χ1v) is 12.6. The highest BCUT2D eigenvalue weighted by Gasteiger charge is 2.59. The SMILES string of the molecule is C[C@]12C[C@@H]3N[C@H]1CCCC[C@H]2N(C(=O)COc1ncnc2ccccc12)[C@@H]3Cc1ccccc1. The van der Waals surface area contributed by atoms with Gasteiger partial charge in [-0.3, -0.25) is 4.79 Å². The fourth-order valence-corrected chi connectivity index (χ4v) is 6.80. The van der Waals surface area contributed by atoms with Crippen molar-refractivity contribution in [1.29, 1.82) is 0 Å². The molecular formula is C28H32N4O2. The zero-order valence-corrected chi connectivity index (χ0v) is 19.7. The number of ether oxygens (including phenoxy) is 1. The topological polar surface area (TPSA) is 67.4 Å². The molecule has 2 saturated heterocycles. The van der Waals surface area contributed by atoms with Crippen LogP contribution in [-0.4, -0.2) is 51.5 Å². The van der Waals surface area contributed by atoms with Crippen LogP contribution in [-0.2, 0) is 11.2 Å². The van der Waals surface area contributed by atoms with Gasteiger partial charge in [0.2, 0.25) is 5.88 Å². The summed E-state index contributed by atoms with van der Waals surface area (Å²) in [6.45, 7) is 2.40. The van der Waals surface area contributed by atoms with Crippen molar-refractivity contribution in [3.63, 3.8) is 0 Å². The molecule has 34 heavy (non-hydrogen) atoms. The Kier molecular flexibility index (Phi) is 5.48. The standard InChI is InChI=1S/C28H32N4O2/c1-28-16-22-23(15-19-9-3-2-4-10-19)32(25(28)14-8-7-13-24(28)31-22)26(33)17-34-27-20-11-5-6-12-21(20)29-18-30-27/h2-6,9-12,18,22-25,31H,7-8,13-17H2,1H3/t22-,23+,24-,25+,28-/m0/s1. The van der Waals surface area contributed by atoms with E-state index in [0.29, 0.717) is 18.0 Å². The molecule has 3 heterocycles. The Hall–Kier alpha value is -2.99. The van der Waals surface area contributed by atoms with Gasteiger partial charge in [0, 0.05) is 23.5 Å². The van der Waals surface area contributed by atoms with Gasteiger partial charge in [-0.25, -0.2) is 9.97 Å². The smallest absolute Gasteiger partial charge is 0.261 e. The van der Waals surface area contributed by atoms with Crippen LogP contribution in [0.3, 0.4) is 0 Å². The number of hydrogen-bond donors (Lipinski definition) is 1. The lowest BCUT2D eigenvalue weighted by Crippen LogP contribution is -2.62. The summed E-state index contributed by atoms with van der Waals surface area (Å²) in [6, 6.07) is 19.5. The number of rotatable bonds is 5. The first-order chi connectivity index (χ1) is 16.6. The molecule has 0 spiro atoms. The van der Waals surface area contributed by atoms with Gasteiger partial charge in [-0.15, -0.1) is 0 Å². The Morgan fingerprint density at radius 1 is 1.09 bits per heavy atom. The van der Waals surface area contributed by atoms with Crippen LogP contribution in [0, 0.1) is 5.41 Å². The van der Waals surface area contributed by atoms with Gasteiger partial charge in [-0.05, 0) is 43.4 Å². The number of para-hydroxylation sites is 1. The summed E-state index contributed by atoms with van der Waals surface area (Å²) >= 11 is 0. The second-order valence-corrected chi connectivity index (χ2v) is 10.4. The lowest BCUT2D eigenvalue weighted by Gasteiger charge is -2.51. The van der Waals surface area contributed by atoms with E-state index < -0.39 is 0 Å². The predicted molar refractivity (Wildman–Crippen MR) is 132 cm³/mol. The Balaban J connectivity index is 1.31. The molecule has 6 rings (SSSR count). The van der Waals surface area contributed by atoms with Crippen molar-refractivity contribution in [3.05, 3.63) is 66.5 Å². The molecule has 3 aromatic rings. The maximum Gasteiger partial charge on any atom is 0.261 e. The summed E-state index contributed by atoms with van der Waals surface area (Å²) in [5.41, 5.74) is 2.21. The molecule has 1 aliphatic carbocycles. The number of carbonyl (C=O) groups excluding carboxylic acids is 1. The Morgan fingerprint density at radius 2 is 1.88 bits per heavy atom. The van der Waals surface area contributed by atoms with Crippen molar-refractivity contribution >= 4 is 16.8 Å². The number of nitrogens with one attached hydrogen (secondary N) is 1. The molecule has 1 N–H and O–H groups in total. The maximum atomic E-state index is 13.9. The minimum Gasteiger partial charge on any atom is -0.467 e. The van der Waals surface area contributed by atoms with Gasteiger partial charge in [-0.1, -0.05) is 62.2 Å². The zero-order valence-electron chi connectivity index (χ0n) is 19.7. The van der Waals surface area contributed by atoms with E-state index in [0.717, 1.165) is 30.2 Å². The summed E-state index contributed by atoms with van der Waals surface area (Å²) in [5.74, 6) is 0.538. The first kappa shape index (κ1) is 21.5. The molecule has 0 unspecified atom stereocenters. The van der Waals surface area contributed by atoms with Gasteiger partial charge in [0.15, 0.2) is 6.61 Å². The second kappa shape index (κ2) is 8.66. The molecule has 2 aromatic carbocycles. The second-order valence-electron chi connectivity index (χ2n) is 10.4. The van der Waals surface area contributed by atoms with Crippen LogP contribution in [0.2, 0.25) is 0 Å². The maximum absolute atomic E-state index is 13.9. The van der Waals surface area contributed by atoms with E-state index in [-0.39, 0.29) is 30.0 Å². The summed E-state index contributed by atoms with van der Waals surface area (Å²) in [5, 5.41) is 4.80. The van der Waals surface area contributed by atoms with Crippen molar-refractivity contribution in [2.24, 2.45) is 5.41 Å². The number of fused-ring (bicyclic) bond motifs is 2. The van der Waals surface area contributed by atoms with Crippen molar-refractivity contribution in [1.82, 2.24) is 20.2 Å². The zero-order chi connectivity index (χ0) is 23.1. The van der Waals surface area contributed by atoms with E-state index >= 15 is 0 Å². The van der Waals surface area contributed by atoms with Crippen LogP contribution in [0.4, 0.5) is 0 Å². The molecule has 3 aliphatic rings. The van der Waals surface area contributed by atoms with Gasteiger partial charge in [-0.2, -0.15) is 0 Å². The predicted octanol–water partition coefficient (Wildman–Crippen LogP) is 4.14. The Bertz CT molecular complexity index is 1180. The van der Waals surface area contributed by atoms with E-state index in [2.05, 4.69) is 57.4 Å². The molecule has 1 aromatic heterocycles. The molecule has 6 heteroatoms.